The molecule has 0 radical (unpaired) electrons. The molecular weight excluding hydrogens is 295 g/mol. The summed E-state index contributed by atoms with van der Waals surface area (Å²) in [4.78, 5) is 14.3. The molecule has 0 saturated carbocycles. The van der Waals surface area contributed by atoms with Gasteiger partial charge in [-0.3, -0.25) is 4.79 Å². The molecule has 1 unspecified atom stereocenters. The Morgan fingerprint density at radius 2 is 2.29 bits per heavy atom. The maximum Gasteiger partial charge on any atom is 0.257 e. The van der Waals surface area contributed by atoms with E-state index in [-0.39, 0.29) is 18.3 Å². The second-order valence-corrected chi connectivity index (χ2v) is 5.16. The molecule has 1 aliphatic rings. The third-order valence-corrected chi connectivity index (χ3v) is 3.69. The minimum Gasteiger partial charge on any atom is -0.496 e. The van der Waals surface area contributed by atoms with E-state index in [9.17, 15) is 9.18 Å². The van der Waals surface area contributed by atoms with E-state index >= 15 is 0 Å². The SMILES string of the molecule is CNCC1CCCN(C(=O)c2cc(F)ccc2OC)C1.Cl. The molecule has 1 aromatic carbocycles. The predicted molar refractivity (Wildman–Crippen MR) is 82.8 cm³/mol. The van der Waals surface area contributed by atoms with Gasteiger partial charge in [0.05, 0.1) is 12.7 Å². The van der Waals surface area contributed by atoms with Crippen LogP contribution < -0.4 is 10.1 Å². The van der Waals surface area contributed by atoms with Crippen LogP contribution in [0.15, 0.2) is 18.2 Å². The molecule has 118 valence electrons. The Hall–Kier alpha value is -1.33. The fourth-order valence-corrected chi connectivity index (χ4v) is 2.72. The van der Waals surface area contributed by atoms with E-state index in [2.05, 4.69) is 5.32 Å². The quantitative estimate of drug-likeness (QED) is 0.927. The first-order valence-electron chi connectivity index (χ1n) is 6.93. The van der Waals surface area contributed by atoms with Crippen LogP contribution >= 0.6 is 12.4 Å². The van der Waals surface area contributed by atoms with E-state index in [0.29, 0.717) is 23.8 Å². The molecule has 6 heteroatoms. The first kappa shape index (κ1) is 17.7. The summed E-state index contributed by atoms with van der Waals surface area (Å²) in [5.41, 5.74) is 0.303. The standard InChI is InChI=1S/C15H21FN2O2.ClH/c1-17-9-11-4-3-7-18(10-11)15(19)13-8-12(16)5-6-14(13)20-2;/h5-6,8,11,17H,3-4,7,9-10H2,1-2H3;1H. The van der Waals surface area contributed by atoms with Gasteiger partial charge in [0.15, 0.2) is 0 Å². The minimum atomic E-state index is -0.419. The molecular formula is C15H22ClFN2O2. The van der Waals surface area contributed by atoms with Crippen molar-refractivity contribution in [3.05, 3.63) is 29.6 Å². The van der Waals surface area contributed by atoms with Gasteiger partial charge in [0.1, 0.15) is 11.6 Å². The van der Waals surface area contributed by atoms with Crippen LogP contribution in [0.25, 0.3) is 0 Å². The molecule has 4 nitrogen and oxygen atoms in total. The Balaban J connectivity index is 0.00000220. The summed E-state index contributed by atoms with van der Waals surface area (Å²) >= 11 is 0. The summed E-state index contributed by atoms with van der Waals surface area (Å²) in [6, 6.07) is 4.05. The van der Waals surface area contributed by atoms with Gasteiger partial charge in [-0.2, -0.15) is 0 Å². The molecule has 1 saturated heterocycles. The molecule has 2 rings (SSSR count). The molecule has 1 fully saturated rings. The molecule has 0 spiro atoms. The van der Waals surface area contributed by atoms with Gasteiger partial charge < -0.3 is 15.0 Å². The average molecular weight is 317 g/mol. The van der Waals surface area contributed by atoms with Crippen molar-refractivity contribution in [3.63, 3.8) is 0 Å². The third-order valence-electron chi connectivity index (χ3n) is 3.69. The van der Waals surface area contributed by atoms with Crippen LogP contribution in [0, 0.1) is 11.7 Å². The maximum absolute atomic E-state index is 13.4. The second-order valence-electron chi connectivity index (χ2n) is 5.16. The summed E-state index contributed by atoms with van der Waals surface area (Å²) < 4.78 is 18.5. The van der Waals surface area contributed by atoms with Crippen molar-refractivity contribution in [2.24, 2.45) is 5.92 Å². The monoisotopic (exact) mass is 316 g/mol. The number of amides is 1. The van der Waals surface area contributed by atoms with Crippen LogP contribution in [0.2, 0.25) is 0 Å². The van der Waals surface area contributed by atoms with Crippen LogP contribution in [0.1, 0.15) is 23.2 Å². The Labute approximate surface area is 131 Å². The van der Waals surface area contributed by atoms with E-state index in [1.165, 1.54) is 25.3 Å². The molecule has 21 heavy (non-hydrogen) atoms. The number of methoxy groups -OCH3 is 1. The van der Waals surface area contributed by atoms with Crippen molar-refractivity contribution in [1.29, 1.82) is 0 Å². The molecule has 1 aliphatic heterocycles. The first-order valence-corrected chi connectivity index (χ1v) is 6.93. The van der Waals surface area contributed by atoms with Gasteiger partial charge in [-0.25, -0.2) is 4.39 Å². The summed E-state index contributed by atoms with van der Waals surface area (Å²) in [6.07, 6.45) is 2.10. The van der Waals surface area contributed by atoms with Crippen LogP contribution in [-0.2, 0) is 0 Å². The zero-order chi connectivity index (χ0) is 14.5. The number of halogens is 2. The normalized spacial score (nSPS) is 18.0. The fourth-order valence-electron chi connectivity index (χ4n) is 2.72. The van der Waals surface area contributed by atoms with Gasteiger partial charge in [-0.15, -0.1) is 12.4 Å². The molecule has 0 bridgehead atoms. The molecule has 1 aromatic rings. The number of hydrogen-bond acceptors (Lipinski definition) is 3. The number of likely N-dealkylation sites (tertiary alicyclic amines) is 1. The number of rotatable bonds is 4. The lowest BCUT2D eigenvalue weighted by Crippen LogP contribution is -2.42. The Kier molecular flexibility index (Phi) is 6.92. The van der Waals surface area contributed by atoms with Gasteiger partial charge >= 0.3 is 0 Å². The van der Waals surface area contributed by atoms with Gasteiger partial charge in [0.2, 0.25) is 0 Å². The molecule has 0 aliphatic carbocycles. The van der Waals surface area contributed by atoms with Crippen molar-refractivity contribution in [1.82, 2.24) is 10.2 Å². The lowest BCUT2D eigenvalue weighted by atomic mass is 9.97. The fraction of sp³-hybridized carbons (Fsp3) is 0.533. The summed E-state index contributed by atoms with van der Waals surface area (Å²) in [5.74, 6) is 0.310. The topological polar surface area (TPSA) is 41.6 Å². The summed E-state index contributed by atoms with van der Waals surface area (Å²) in [7, 11) is 3.40. The predicted octanol–water partition coefficient (Wildman–Crippen LogP) is 2.33. The van der Waals surface area contributed by atoms with Crippen molar-refractivity contribution in [2.45, 2.75) is 12.8 Å². The number of nitrogens with zero attached hydrogens (tertiary/aromatic N) is 1. The van der Waals surface area contributed by atoms with Crippen LogP contribution in [0.5, 0.6) is 5.75 Å². The second kappa shape index (κ2) is 8.20. The number of carbonyl (C=O) groups excluding carboxylic acids is 1. The highest BCUT2D eigenvalue weighted by atomic mass is 35.5. The summed E-state index contributed by atoms with van der Waals surface area (Å²) in [6.45, 7) is 2.32. The van der Waals surface area contributed by atoms with Crippen LogP contribution in [0.3, 0.4) is 0 Å². The molecule has 1 amide bonds. The zero-order valence-corrected chi connectivity index (χ0v) is 13.2. The van der Waals surface area contributed by atoms with E-state index in [1.54, 1.807) is 4.90 Å². The van der Waals surface area contributed by atoms with E-state index in [0.717, 1.165) is 25.9 Å². The lowest BCUT2D eigenvalue weighted by molar-refractivity contribution is 0.0670. The Morgan fingerprint density at radius 1 is 1.52 bits per heavy atom. The van der Waals surface area contributed by atoms with E-state index in [4.69, 9.17) is 4.74 Å². The average Bonchev–Trinajstić information content (AvgIpc) is 2.47. The number of ether oxygens (including phenoxy) is 1. The minimum absolute atomic E-state index is 0. The van der Waals surface area contributed by atoms with Crippen molar-refractivity contribution < 1.29 is 13.9 Å². The van der Waals surface area contributed by atoms with Crippen LogP contribution in [0.4, 0.5) is 4.39 Å². The zero-order valence-electron chi connectivity index (χ0n) is 12.4. The smallest absolute Gasteiger partial charge is 0.257 e. The van der Waals surface area contributed by atoms with E-state index in [1.807, 2.05) is 7.05 Å². The van der Waals surface area contributed by atoms with Gasteiger partial charge in [0, 0.05) is 13.1 Å². The number of carbonyl (C=O) groups is 1. The van der Waals surface area contributed by atoms with Crippen molar-refractivity contribution >= 4 is 18.3 Å². The Morgan fingerprint density at radius 3 is 2.95 bits per heavy atom. The molecule has 1 N–H and O–H groups in total. The number of piperidine rings is 1. The van der Waals surface area contributed by atoms with Crippen molar-refractivity contribution in [2.75, 3.05) is 33.8 Å². The highest BCUT2D eigenvalue weighted by Crippen LogP contribution is 2.24. The first-order chi connectivity index (χ1) is 9.65. The van der Waals surface area contributed by atoms with Crippen LogP contribution in [-0.4, -0.2) is 44.6 Å². The molecule has 1 heterocycles. The highest BCUT2D eigenvalue weighted by molar-refractivity contribution is 5.97. The summed E-state index contributed by atoms with van der Waals surface area (Å²) in [5, 5.41) is 3.15. The van der Waals surface area contributed by atoms with Crippen molar-refractivity contribution in [3.8, 4) is 5.75 Å². The highest BCUT2D eigenvalue weighted by Gasteiger charge is 2.26. The largest absolute Gasteiger partial charge is 0.496 e. The molecule has 0 aromatic heterocycles. The Bertz CT molecular complexity index is 483. The maximum atomic E-state index is 13.4. The number of nitrogens with one attached hydrogen (secondary N) is 1. The van der Waals surface area contributed by atoms with E-state index < -0.39 is 5.82 Å². The number of benzene rings is 1. The third kappa shape index (κ3) is 4.32. The van der Waals surface area contributed by atoms with Gasteiger partial charge in [0.25, 0.3) is 5.91 Å². The van der Waals surface area contributed by atoms with Gasteiger partial charge in [-0.1, -0.05) is 0 Å². The lowest BCUT2D eigenvalue weighted by Gasteiger charge is -2.33. The molecule has 1 atom stereocenters. The van der Waals surface area contributed by atoms with Gasteiger partial charge in [-0.05, 0) is 50.6 Å². The number of hydrogen-bond donors (Lipinski definition) is 1.